The van der Waals surface area contributed by atoms with Gasteiger partial charge in [-0.1, -0.05) is 0 Å². The molecule has 2 heterocycles. The molecular weight excluding hydrogens is 388 g/mol. The Balaban J connectivity index is 2.32. The van der Waals surface area contributed by atoms with E-state index in [1.165, 1.54) is 0 Å². The molecule has 0 amide bonds. The van der Waals surface area contributed by atoms with Gasteiger partial charge in [-0.2, -0.15) is 31.4 Å². The van der Waals surface area contributed by atoms with Crippen LogP contribution in [0.2, 0.25) is 0 Å². The molecule has 13 heteroatoms. The maximum Gasteiger partial charge on any atom is 0.423 e. The smallest absolute Gasteiger partial charge is 0.423 e. The van der Waals surface area contributed by atoms with Crippen LogP contribution in [0.15, 0.2) is 11.0 Å². The molecule has 27 heavy (non-hydrogen) atoms. The van der Waals surface area contributed by atoms with Crippen LogP contribution in [0.5, 0.6) is 0 Å². The molecule has 2 N–H and O–H groups in total. The molecule has 1 saturated heterocycles. The predicted molar refractivity (Wildman–Crippen MR) is 78.2 cm³/mol. The number of rotatable bonds is 6. The van der Waals surface area contributed by atoms with E-state index in [1.807, 2.05) is 0 Å². The van der Waals surface area contributed by atoms with E-state index in [0.29, 0.717) is 6.20 Å². The minimum absolute atomic E-state index is 0.309. The molecule has 0 unspecified atom stereocenters. The van der Waals surface area contributed by atoms with Crippen LogP contribution in [0.3, 0.4) is 0 Å². The number of ether oxygens (including phenoxy) is 1. The molecule has 2 rings (SSSR count). The Labute approximate surface area is 147 Å². The van der Waals surface area contributed by atoms with E-state index in [1.54, 1.807) is 5.10 Å². The standard InChI is InChI=1S/C14H15F6N3O4/c15-13(16,17)7-3-8(6-27-2-1-10(24)25)23(5-7)9-4-21-22-12(26)11(9)14(18,19)20/h4,7-8H,1-3,5-6H2,(H,22,26)(H,24,25)/t7-,8-/m0/s1. The number of anilines is 1. The van der Waals surface area contributed by atoms with Crippen molar-refractivity contribution < 1.29 is 41.0 Å². The normalized spacial score (nSPS) is 20.9. The number of carboxylic acid groups (broad SMARTS) is 1. The van der Waals surface area contributed by atoms with Gasteiger partial charge in [0.05, 0.1) is 43.5 Å². The minimum atomic E-state index is -5.10. The average Bonchev–Trinajstić information content (AvgIpc) is 2.94. The van der Waals surface area contributed by atoms with Crippen LogP contribution in [-0.2, 0) is 15.7 Å². The largest absolute Gasteiger partial charge is 0.481 e. The highest BCUT2D eigenvalue weighted by Gasteiger charge is 2.49. The van der Waals surface area contributed by atoms with Crippen molar-refractivity contribution in [3.8, 4) is 0 Å². The van der Waals surface area contributed by atoms with Gasteiger partial charge in [0.25, 0.3) is 5.56 Å². The summed E-state index contributed by atoms with van der Waals surface area (Å²) in [6.45, 7) is -1.54. The van der Waals surface area contributed by atoms with Gasteiger partial charge in [-0.05, 0) is 6.42 Å². The third-order valence-electron chi connectivity index (χ3n) is 4.08. The van der Waals surface area contributed by atoms with Crippen molar-refractivity contribution in [3.63, 3.8) is 0 Å². The first-order valence-corrected chi connectivity index (χ1v) is 7.69. The molecule has 0 bridgehead atoms. The number of H-pyrrole nitrogens is 1. The van der Waals surface area contributed by atoms with Crippen molar-refractivity contribution in [2.75, 3.05) is 24.7 Å². The summed E-state index contributed by atoms with van der Waals surface area (Å²) < 4.78 is 83.9. The van der Waals surface area contributed by atoms with Gasteiger partial charge in [0.1, 0.15) is 5.56 Å². The second kappa shape index (κ2) is 7.74. The van der Waals surface area contributed by atoms with Crippen molar-refractivity contribution >= 4 is 11.7 Å². The highest BCUT2D eigenvalue weighted by atomic mass is 19.4. The molecule has 2 atom stereocenters. The SMILES string of the molecule is O=C(O)CCOC[C@@H]1C[C@H](C(F)(F)F)CN1c1cn[nH]c(=O)c1C(F)(F)F. The maximum atomic E-state index is 13.2. The summed E-state index contributed by atoms with van der Waals surface area (Å²) in [5, 5.41) is 13.4. The Hall–Kier alpha value is -2.31. The van der Waals surface area contributed by atoms with Gasteiger partial charge in [-0.25, -0.2) is 5.10 Å². The molecule has 1 fully saturated rings. The summed E-state index contributed by atoms with van der Waals surface area (Å²) in [6, 6.07) is -1.13. The van der Waals surface area contributed by atoms with Crippen LogP contribution in [0.4, 0.5) is 32.0 Å². The molecule has 0 saturated carbocycles. The van der Waals surface area contributed by atoms with Gasteiger partial charge in [0.15, 0.2) is 0 Å². The van der Waals surface area contributed by atoms with Crippen molar-refractivity contribution in [2.24, 2.45) is 5.92 Å². The van der Waals surface area contributed by atoms with Crippen molar-refractivity contribution in [2.45, 2.75) is 31.2 Å². The second-order valence-corrected chi connectivity index (χ2v) is 5.96. The van der Waals surface area contributed by atoms with Gasteiger partial charge in [-0.15, -0.1) is 0 Å². The lowest BCUT2D eigenvalue weighted by Crippen LogP contribution is -2.37. The number of alkyl halides is 6. The molecule has 0 aliphatic carbocycles. The number of carboxylic acids is 1. The van der Waals surface area contributed by atoms with Crippen LogP contribution >= 0.6 is 0 Å². The van der Waals surface area contributed by atoms with Crippen LogP contribution in [0, 0.1) is 5.92 Å². The number of halogens is 6. The molecule has 7 nitrogen and oxygen atoms in total. The zero-order chi connectivity index (χ0) is 20.4. The van der Waals surface area contributed by atoms with Gasteiger partial charge in [0.2, 0.25) is 0 Å². The third kappa shape index (κ3) is 5.11. The van der Waals surface area contributed by atoms with E-state index >= 15 is 0 Å². The van der Waals surface area contributed by atoms with E-state index in [0.717, 1.165) is 4.90 Å². The van der Waals surface area contributed by atoms with Gasteiger partial charge in [-0.3, -0.25) is 9.59 Å². The number of carbonyl (C=O) groups is 1. The summed E-state index contributed by atoms with van der Waals surface area (Å²) in [4.78, 5) is 22.8. The Kier molecular flexibility index (Phi) is 6.02. The summed E-state index contributed by atoms with van der Waals surface area (Å²) in [5.74, 6) is -3.12. The molecule has 1 aromatic heterocycles. The van der Waals surface area contributed by atoms with Gasteiger partial charge < -0.3 is 14.7 Å². The van der Waals surface area contributed by atoms with Gasteiger partial charge in [0, 0.05) is 6.54 Å². The predicted octanol–water partition coefficient (Wildman–Crippen LogP) is 2.04. The third-order valence-corrected chi connectivity index (χ3v) is 4.08. The lowest BCUT2D eigenvalue weighted by molar-refractivity contribution is -0.169. The molecule has 1 aliphatic heterocycles. The minimum Gasteiger partial charge on any atom is -0.481 e. The fourth-order valence-corrected chi connectivity index (χ4v) is 2.87. The number of aromatic nitrogens is 2. The van der Waals surface area contributed by atoms with Crippen molar-refractivity contribution in [1.29, 1.82) is 0 Å². The molecule has 0 spiro atoms. The first-order chi connectivity index (χ1) is 12.4. The van der Waals surface area contributed by atoms with E-state index < -0.39 is 73.1 Å². The van der Waals surface area contributed by atoms with Crippen LogP contribution < -0.4 is 10.5 Å². The van der Waals surface area contributed by atoms with Crippen LogP contribution in [0.25, 0.3) is 0 Å². The Morgan fingerprint density at radius 2 is 2.00 bits per heavy atom. The van der Waals surface area contributed by atoms with E-state index in [9.17, 15) is 35.9 Å². The second-order valence-electron chi connectivity index (χ2n) is 5.96. The Bertz CT molecular complexity index is 733. The summed E-state index contributed by atoms with van der Waals surface area (Å²) in [5.41, 5.74) is -3.98. The zero-order valence-corrected chi connectivity index (χ0v) is 13.6. The number of hydrogen-bond acceptors (Lipinski definition) is 5. The maximum absolute atomic E-state index is 13.2. The summed E-state index contributed by atoms with van der Waals surface area (Å²) in [7, 11) is 0. The number of nitrogens with one attached hydrogen (secondary N) is 1. The van der Waals surface area contributed by atoms with Crippen molar-refractivity contribution in [3.05, 3.63) is 22.1 Å². The quantitative estimate of drug-likeness (QED) is 0.558. The zero-order valence-electron chi connectivity index (χ0n) is 13.6. The summed E-state index contributed by atoms with van der Waals surface area (Å²) >= 11 is 0. The Morgan fingerprint density at radius 1 is 1.33 bits per heavy atom. The van der Waals surface area contributed by atoms with Crippen molar-refractivity contribution in [1.82, 2.24) is 10.2 Å². The van der Waals surface area contributed by atoms with Gasteiger partial charge >= 0.3 is 18.3 Å². The van der Waals surface area contributed by atoms with E-state index in [4.69, 9.17) is 9.84 Å². The fourth-order valence-electron chi connectivity index (χ4n) is 2.87. The summed E-state index contributed by atoms with van der Waals surface area (Å²) in [6.07, 6.45) is -10.1. The number of nitrogens with zero attached hydrogens (tertiary/aromatic N) is 2. The highest BCUT2D eigenvalue weighted by Crippen LogP contribution is 2.41. The molecule has 0 radical (unpaired) electrons. The first-order valence-electron chi connectivity index (χ1n) is 7.69. The lowest BCUT2D eigenvalue weighted by Gasteiger charge is -2.28. The molecule has 1 aromatic rings. The number of aliphatic carboxylic acids is 1. The highest BCUT2D eigenvalue weighted by molar-refractivity contribution is 5.66. The number of hydrogen-bond donors (Lipinski definition) is 2. The molecular formula is C14H15F6N3O4. The fraction of sp³-hybridized carbons (Fsp3) is 0.643. The average molecular weight is 403 g/mol. The monoisotopic (exact) mass is 403 g/mol. The molecule has 1 aliphatic rings. The van der Waals surface area contributed by atoms with Crippen LogP contribution in [-0.4, -0.2) is 53.2 Å². The first kappa shape index (κ1) is 21.0. The van der Waals surface area contributed by atoms with E-state index in [-0.39, 0.29) is 6.61 Å². The molecule has 0 aromatic carbocycles. The lowest BCUT2D eigenvalue weighted by atomic mass is 10.1. The topological polar surface area (TPSA) is 95.5 Å². The molecule has 152 valence electrons. The Morgan fingerprint density at radius 3 is 2.56 bits per heavy atom. The van der Waals surface area contributed by atoms with Crippen LogP contribution in [0.1, 0.15) is 18.4 Å². The van der Waals surface area contributed by atoms with E-state index in [2.05, 4.69) is 5.10 Å². The number of aromatic amines is 1.